The van der Waals surface area contributed by atoms with E-state index in [-0.39, 0.29) is 18.3 Å². The number of nitrogen functional groups attached to an aromatic ring is 1. The SMILES string of the molecule is Cl.N#CC1Cc2ccc(N)cc21. The lowest BCUT2D eigenvalue weighted by Crippen LogP contribution is -2.15. The number of hydrogen-bond donors (Lipinski definition) is 1. The average Bonchev–Trinajstić information content (AvgIpc) is 1.97. The molecule has 62 valence electrons. The number of anilines is 1. The highest BCUT2D eigenvalue weighted by Crippen LogP contribution is 2.35. The van der Waals surface area contributed by atoms with Gasteiger partial charge in [-0.1, -0.05) is 6.07 Å². The Morgan fingerprint density at radius 1 is 1.50 bits per heavy atom. The van der Waals surface area contributed by atoms with E-state index in [4.69, 9.17) is 11.0 Å². The first kappa shape index (κ1) is 8.89. The van der Waals surface area contributed by atoms with Gasteiger partial charge < -0.3 is 5.73 Å². The van der Waals surface area contributed by atoms with Crippen molar-refractivity contribution in [2.45, 2.75) is 12.3 Å². The van der Waals surface area contributed by atoms with Gasteiger partial charge in [-0.25, -0.2) is 0 Å². The molecule has 3 heteroatoms. The van der Waals surface area contributed by atoms with Crippen LogP contribution in [0, 0.1) is 11.3 Å². The Labute approximate surface area is 77.4 Å². The third kappa shape index (κ3) is 1.13. The van der Waals surface area contributed by atoms with E-state index in [9.17, 15) is 0 Å². The maximum absolute atomic E-state index is 8.63. The van der Waals surface area contributed by atoms with Crippen molar-refractivity contribution in [2.75, 3.05) is 5.73 Å². The summed E-state index contributed by atoms with van der Waals surface area (Å²) in [6.45, 7) is 0. The third-order valence-corrected chi connectivity index (χ3v) is 2.13. The van der Waals surface area contributed by atoms with Crippen LogP contribution in [0.3, 0.4) is 0 Å². The number of hydrogen-bond acceptors (Lipinski definition) is 2. The molecule has 1 aliphatic carbocycles. The molecule has 0 aromatic heterocycles. The normalized spacial score (nSPS) is 18.1. The molecule has 2 rings (SSSR count). The van der Waals surface area contributed by atoms with Gasteiger partial charge in [-0.2, -0.15) is 5.26 Å². The summed E-state index contributed by atoms with van der Waals surface area (Å²) < 4.78 is 0. The number of benzene rings is 1. The molecule has 0 radical (unpaired) electrons. The van der Waals surface area contributed by atoms with Crippen LogP contribution in [0.1, 0.15) is 17.0 Å². The van der Waals surface area contributed by atoms with Gasteiger partial charge in [0, 0.05) is 5.69 Å². The Morgan fingerprint density at radius 3 is 2.92 bits per heavy atom. The molecule has 1 aromatic rings. The van der Waals surface area contributed by atoms with Crippen molar-refractivity contribution < 1.29 is 0 Å². The van der Waals surface area contributed by atoms with Crippen molar-refractivity contribution in [1.29, 1.82) is 5.26 Å². The van der Waals surface area contributed by atoms with Crippen LogP contribution in [0.25, 0.3) is 0 Å². The zero-order chi connectivity index (χ0) is 7.84. The van der Waals surface area contributed by atoms with E-state index >= 15 is 0 Å². The second-order valence-corrected chi connectivity index (χ2v) is 2.84. The van der Waals surface area contributed by atoms with Gasteiger partial charge in [0.25, 0.3) is 0 Å². The molecular weight excluding hydrogens is 172 g/mol. The monoisotopic (exact) mass is 180 g/mol. The topological polar surface area (TPSA) is 49.8 Å². The molecule has 0 heterocycles. The fraction of sp³-hybridized carbons (Fsp3) is 0.222. The van der Waals surface area contributed by atoms with Crippen molar-refractivity contribution in [3.05, 3.63) is 29.3 Å². The molecule has 2 N–H and O–H groups in total. The van der Waals surface area contributed by atoms with Gasteiger partial charge in [-0.05, 0) is 29.7 Å². The molecule has 2 nitrogen and oxygen atoms in total. The van der Waals surface area contributed by atoms with E-state index in [2.05, 4.69) is 6.07 Å². The Kier molecular flexibility index (Phi) is 2.25. The molecule has 0 fully saturated rings. The standard InChI is InChI=1S/C9H8N2.ClH/c10-5-7-3-6-1-2-8(11)4-9(6)7;/h1-2,4,7H,3,11H2;1H. The van der Waals surface area contributed by atoms with Gasteiger partial charge in [-0.15, -0.1) is 12.4 Å². The van der Waals surface area contributed by atoms with Crippen LogP contribution in [0.15, 0.2) is 18.2 Å². The summed E-state index contributed by atoms with van der Waals surface area (Å²) >= 11 is 0. The molecule has 0 amide bonds. The summed E-state index contributed by atoms with van der Waals surface area (Å²) in [4.78, 5) is 0. The van der Waals surface area contributed by atoms with E-state index in [0.717, 1.165) is 17.7 Å². The zero-order valence-corrected chi connectivity index (χ0v) is 7.27. The first-order chi connectivity index (χ1) is 5.31. The largest absolute Gasteiger partial charge is 0.399 e. The second kappa shape index (κ2) is 3.04. The molecule has 1 atom stereocenters. The maximum atomic E-state index is 8.63. The van der Waals surface area contributed by atoms with Crippen LogP contribution in [0.5, 0.6) is 0 Å². The third-order valence-electron chi connectivity index (χ3n) is 2.13. The highest BCUT2D eigenvalue weighted by atomic mass is 35.5. The molecular formula is C9H9ClN2. The van der Waals surface area contributed by atoms with E-state index < -0.39 is 0 Å². The predicted octanol–water partition coefficient (Wildman–Crippen LogP) is 1.85. The number of halogens is 1. The van der Waals surface area contributed by atoms with Gasteiger partial charge in [0.05, 0.1) is 12.0 Å². The Balaban J connectivity index is 0.000000720. The molecule has 12 heavy (non-hydrogen) atoms. The van der Waals surface area contributed by atoms with Crippen molar-refractivity contribution in [3.8, 4) is 6.07 Å². The van der Waals surface area contributed by atoms with Crippen LogP contribution in [0.2, 0.25) is 0 Å². The summed E-state index contributed by atoms with van der Waals surface area (Å²) in [7, 11) is 0. The smallest absolute Gasteiger partial charge is 0.0756 e. The molecule has 0 saturated carbocycles. The van der Waals surface area contributed by atoms with Crippen molar-refractivity contribution in [2.24, 2.45) is 0 Å². The van der Waals surface area contributed by atoms with Crippen molar-refractivity contribution in [1.82, 2.24) is 0 Å². The minimum Gasteiger partial charge on any atom is -0.399 e. The Bertz CT molecular complexity index is 341. The van der Waals surface area contributed by atoms with Crippen molar-refractivity contribution in [3.63, 3.8) is 0 Å². The summed E-state index contributed by atoms with van der Waals surface area (Å²) in [6, 6.07) is 8.00. The van der Waals surface area contributed by atoms with E-state index in [1.54, 1.807) is 0 Å². The Morgan fingerprint density at radius 2 is 2.25 bits per heavy atom. The van der Waals surface area contributed by atoms with Crippen LogP contribution >= 0.6 is 12.4 Å². The highest BCUT2D eigenvalue weighted by molar-refractivity contribution is 5.85. The predicted molar refractivity (Wildman–Crippen MR) is 50.2 cm³/mol. The molecule has 1 aromatic carbocycles. The van der Waals surface area contributed by atoms with Crippen LogP contribution in [0.4, 0.5) is 5.69 Å². The number of nitriles is 1. The minimum absolute atomic E-state index is 0. The number of rotatable bonds is 0. The summed E-state index contributed by atoms with van der Waals surface area (Å²) in [5, 5.41) is 8.63. The fourth-order valence-corrected chi connectivity index (χ4v) is 1.44. The lowest BCUT2D eigenvalue weighted by Gasteiger charge is -2.24. The number of fused-ring (bicyclic) bond motifs is 1. The van der Waals surface area contributed by atoms with E-state index in [1.165, 1.54) is 5.56 Å². The second-order valence-electron chi connectivity index (χ2n) is 2.84. The van der Waals surface area contributed by atoms with Gasteiger partial charge in [0.2, 0.25) is 0 Å². The molecule has 0 spiro atoms. The number of nitrogens with two attached hydrogens (primary N) is 1. The van der Waals surface area contributed by atoms with Gasteiger partial charge in [-0.3, -0.25) is 0 Å². The maximum Gasteiger partial charge on any atom is 0.0756 e. The average molecular weight is 181 g/mol. The van der Waals surface area contributed by atoms with Crippen molar-refractivity contribution >= 4 is 18.1 Å². The number of nitrogens with zero attached hydrogens (tertiary/aromatic N) is 1. The lowest BCUT2D eigenvalue weighted by molar-refractivity contribution is 0.745. The fourth-order valence-electron chi connectivity index (χ4n) is 1.44. The quantitative estimate of drug-likeness (QED) is 0.620. The van der Waals surface area contributed by atoms with Gasteiger partial charge >= 0.3 is 0 Å². The minimum atomic E-state index is 0. The van der Waals surface area contributed by atoms with Gasteiger partial charge in [0.15, 0.2) is 0 Å². The van der Waals surface area contributed by atoms with Gasteiger partial charge in [0.1, 0.15) is 0 Å². The summed E-state index contributed by atoms with van der Waals surface area (Å²) in [5.41, 5.74) is 8.71. The zero-order valence-electron chi connectivity index (χ0n) is 6.45. The van der Waals surface area contributed by atoms with Crippen LogP contribution in [-0.2, 0) is 6.42 Å². The molecule has 0 saturated heterocycles. The summed E-state index contributed by atoms with van der Waals surface area (Å²) in [5.74, 6) is 0.0912. The van der Waals surface area contributed by atoms with Crippen LogP contribution in [-0.4, -0.2) is 0 Å². The van der Waals surface area contributed by atoms with E-state index in [1.807, 2.05) is 18.2 Å². The molecule has 1 unspecified atom stereocenters. The molecule has 1 aliphatic rings. The first-order valence-electron chi connectivity index (χ1n) is 3.59. The highest BCUT2D eigenvalue weighted by Gasteiger charge is 2.25. The summed E-state index contributed by atoms with van der Waals surface area (Å²) in [6.07, 6.45) is 0.895. The molecule has 0 aliphatic heterocycles. The lowest BCUT2D eigenvalue weighted by atomic mass is 9.78. The Hall–Kier alpha value is -1.20. The molecule has 0 bridgehead atoms. The van der Waals surface area contributed by atoms with E-state index in [0.29, 0.717) is 0 Å². The first-order valence-corrected chi connectivity index (χ1v) is 3.59. The van der Waals surface area contributed by atoms with Crippen LogP contribution < -0.4 is 5.73 Å².